The van der Waals surface area contributed by atoms with Crippen LogP contribution in [0.25, 0.3) is 17.0 Å². The van der Waals surface area contributed by atoms with Gasteiger partial charge in [0.05, 0.1) is 30.2 Å². The molecule has 0 saturated carbocycles. The Labute approximate surface area is 132 Å². The van der Waals surface area contributed by atoms with Gasteiger partial charge in [-0.25, -0.2) is 15.0 Å². The van der Waals surface area contributed by atoms with Crippen LogP contribution in [0.15, 0.2) is 24.5 Å². The highest BCUT2D eigenvalue weighted by Gasteiger charge is 2.15. The molecule has 0 bridgehead atoms. The lowest BCUT2D eigenvalue weighted by molar-refractivity contribution is -0.00300. The van der Waals surface area contributed by atoms with E-state index in [1.165, 1.54) is 6.33 Å². The summed E-state index contributed by atoms with van der Waals surface area (Å²) in [5.41, 5.74) is 8.34. The Balaban J connectivity index is 1.82. The molecule has 4 rings (SSSR count). The summed E-state index contributed by atoms with van der Waals surface area (Å²) >= 11 is 0. The number of imidazole rings is 1. The third kappa shape index (κ3) is 2.49. The molecule has 2 N–H and O–H groups in total. The minimum atomic E-state index is 0.178. The molecule has 0 atom stereocenters. The zero-order valence-electron chi connectivity index (χ0n) is 12.5. The van der Waals surface area contributed by atoms with Gasteiger partial charge in [0, 0.05) is 5.56 Å². The van der Waals surface area contributed by atoms with Gasteiger partial charge in [-0.15, -0.1) is 0 Å². The van der Waals surface area contributed by atoms with E-state index in [9.17, 15) is 0 Å². The van der Waals surface area contributed by atoms with E-state index in [-0.39, 0.29) is 5.95 Å². The van der Waals surface area contributed by atoms with E-state index in [2.05, 4.69) is 31.8 Å². The first-order valence-corrected chi connectivity index (χ1v) is 7.24. The van der Waals surface area contributed by atoms with Gasteiger partial charge < -0.3 is 10.5 Å². The fourth-order valence-electron chi connectivity index (χ4n) is 2.44. The number of nitrogens with zero attached hydrogens (tertiary/aromatic N) is 5. The molecule has 3 heterocycles. The summed E-state index contributed by atoms with van der Waals surface area (Å²) in [5.74, 6) is 8.14. The average Bonchev–Trinajstić information content (AvgIpc) is 2.81. The van der Waals surface area contributed by atoms with Crippen molar-refractivity contribution in [3.8, 4) is 17.8 Å². The lowest BCUT2D eigenvalue weighted by atomic mass is 10.1. The first-order valence-electron chi connectivity index (χ1n) is 7.24. The largest absolute Gasteiger partial charge is 0.379 e. The summed E-state index contributed by atoms with van der Waals surface area (Å²) in [4.78, 5) is 16.7. The quantitative estimate of drug-likeness (QED) is 0.677. The molecule has 7 nitrogen and oxygen atoms in total. The predicted octanol–water partition coefficient (Wildman–Crippen LogP) is 1.10. The molecule has 0 amide bonds. The molecule has 1 aliphatic heterocycles. The standard InChI is InChI=1S/C16H14N6O/c1-10-20-13-5-4-11(2-3-12-7-23-8-12)6-14(13)22(10)16-19-9-18-15(17)21-16/h4-6,9,12H,7-8H2,1H3,(H2,17,18,19,21). The molecule has 1 saturated heterocycles. The number of hydrogen-bond donors (Lipinski definition) is 1. The van der Waals surface area contributed by atoms with Gasteiger partial charge in [0.25, 0.3) is 0 Å². The van der Waals surface area contributed by atoms with Gasteiger partial charge in [-0.1, -0.05) is 11.8 Å². The maximum atomic E-state index is 5.66. The molecule has 0 radical (unpaired) electrons. The molecule has 7 heteroatoms. The van der Waals surface area contributed by atoms with Gasteiger partial charge in [0.15, 0.2) is 0 Å². The Hall–Kier alpha value is -2.98. The van der Waals surface area contributed by atoms with Crippen LogP contribution < -0.4 is 5.73 Å². The fraction of sp³-hybridized carbons (Fsp3) is 0.250. The Morgan fingerprint density at radius 2 is 2.13 bits per heavy atom. The molecule has 3 aromatic rings. The van der Waals surface area contributed by atoms with Crippen molar-refractivity contribution in [2.75, 3.05) is 18.9 Å². The van der Waals surface area contributed by atoms with Crippen molar-refractivity contribution >= 4 is 17.0 Å². The second-order valence-corrected chi connectivity index (χ2v) is 5.35. The summed E-state index contributed by atoms with van der Waals surface area (Å²) in [5, 5.41) is 0. The highest BCUT2D eigenvalue weighted by atomic mass is 16.5. The molecule has 114 valence electrons. The van der Waals surface area contributed by atoms with Crippen molar-refractivity contribution in [3.05, 3.63) is 35.9 Å². The van der Waals surface area contributed by atoms with Crippen molar-refractivity contribution in [2.24, 2.45) is 5.92 Å². The van der Waals surface area contributed by atoms with E-state index < -0.39 is 0 Å². The van der Waals surface area contributed by atoms with Crippen LogP contribution in [0.2, 0.25) is 0 Å². The van der Waals surface area contributed by atoms with Gasteiger partial charge in [-0.3, -0.25) is 4.57 Å². The summed E-state index contributed by atoms with van der Waals surface area (Å²) in [6, 6.07) is 5.90. The highest BCUT2D eigenvalue weighted by Crippen LogP contribution is 2.20. The highest BCUT2D eigenvalue weighted by molar-refractivity contribution is 5.79. The molecule has 1 aliphatic rings. The number of aromatic nitrogens is 5. The summed E-state index contributed by atoms with van der Waals surface area (Å²) in [6.45, 7) is 3.34. The van der Waals surface area contributed by atoms with E-state index >= 15 is 0 Å². The minimum Gasteiger partial charge on any atom is -0.379 e. The molecule has 0 aliphatic carbocycles. The number of rotatable bonds is 1. The molecule has 23 heavy (non-hydrogen) atoms. The van der Waals surface area contributed by atoms with Crippen LogP contribution in [0.5, 0.6) is 0 Å². The lowest BCUT2D eigenvalue weighted by Gasteiger charge is -2.19. The Morgan fingerprint density at radius 1 is 1.26 bits per heavy atom. The molecular formula is C16H14N6O. The third-order valence-corrected chi connectivity index (χ3v) is 3.66. The van der Waals surface area contributed by atoms with Crippen molar-refractivity contribution in [1.82, 2.24) is 24.5 Å². The van der Waals surface area contributed by atoms with E-state index in [1.807, 2.05) is 29.7 Å². The van der Waals surface area contributed by atoms with Crippen LogP contribution >= 0.6 is 0 Å². The number of nitrogen functional groups attached to an aromatic ring is 1. The van der Waals surface area contributed by atoms with Crippen molar-refractivity contribution in [3.63, 3.8) is 0 Å². The molecule has 0 unspecified atom stereocenters. The first kappa shape index (κ1) is 13.7. The number of nitrogens with two attached hydrogens (primary N) is 1. The summed E-state index contributed by atoms with van der Waals surface area (Å²) in [7, 11) is 0. The van der Waals surface area contributed by atoms with Crippen LogP contribution in [0.1, 0.15) is 11.4 Å². The lowest BCUT2D eigenvalue weighted by Crippen LogP contribution is -2.25. The van der Waals surface area contributed by atoms with E-state index in [4.69, 9.17) is 10.5 Å². The smallest absolute Gasteiger partial charge is 0.240 e. The van der Waals surface area contributed by atoms with Gasteiger partial charge in [0.1, 0.15) is 12.2 Å². The van der Waals surface area contributed by atoms with E-state index in [0.29, 0.717) is 11.9 Å². The first-order chi connectivity index (χ1) is 11.2. The zero-order chi connectivity index (χ0) is 15.8. The molecule has 1 fully saturated rings. The Kier molecular flexibility index (Phi) is 3.17. The van der Waals surface area contributed by atoms with Crippen molar-refractivity contribution in [1.29, 1.82) is 0 Å². The number of benzene rings is 1. The molecule has 0 spiro atoms. The average molecular weight is 306 g/mol. The second-order valence-electron chi connectivity index (χ2n) is 5.35. The van der Waals surface area contributed by atoms with Crippen LogP contribution in [-0.2, 0) is 4.74 Å². The van der Waals surface area contributed by atoms with E-state index in [0.717, 1.165) is 35.6 Å². The summed E-state index contributed by atoms with van der Waals surface area (Å²) < 4.78 is 6.99. The Bertz CT molecular complexity index is 948. The zero-order valence-corrected chi connectivity index (χ0v) is 12.5. The number of ether oxygens (including phenoxy) is 1. The Morgan fingerprint density at radius 3 is 2.87 bits per heavy atom. The minimum absolute atomic E-state index is 0.178. The van der Waals surface area contributed by atoms with Crippen molar-refractivity contribution < 1.29 is 4.74 Å². The van der Waals surface area contributed by atoms with Gasteiger partial charge in [-0.05, 0) is 25.1 Å². The SMILES string of the molecule is Cc1nc2ccc(C#CC3COC3)cc2n1-c1ncnc(N)n1. The maximum absolute atomic E-state index is 5.66. The molecule has 2 aromatic heterocycles. The van der Waals surface area contributed by atoms with Crippen LogP contribution in [0.4, 0.5) is 5.95 Å². The normalized spacial score (nSPS) is 14.3. The number of aryl methyl sites for hydroxylation is 1. The number of fused-ring (bicyclic) bond motifs is 1. The van der Waals surface area contributed by atoms with Gasteiger partial charge >= 0.3 is 0 Å². The monoisotopic (exact) mass is 306 g/mol. The van der Waals surface area contributed by atoms with Gasteiger partial charge in [-0.2, -0.15) is 4.98 Å². The van der Waals surface area contributed by atoms with Crippen LogP contribution in [0, 0.1) is 24.7 Å². The molecular weight excluding hydrogens is 292 g/mol. The fourth-order valence-corrected chi connectivity index (χ4v) is 2.44. The maximum Gasteiger partial charge on any atom is 0.240 e. The third-order valence-electron chi connectivity index (χ3n) is 3.66. The topological polar surface area (TPSA) is 91.7 Å². The van der Waals surface area contributed by atoms with Gasteiger partial charge in [0.2, 0.25) is 11.9 Å². The summed E-state index contributed by atoms with van der Waals surface area (Å²) in [6.07, 6.45) is 1.39. The number of hydrogen-bond acceptors (Lipinski definition) is 6. The van der Waals surface area contributed by atoms with Crippen LogP contribution in [0.3, 0.4) is 0 Å². The molecule has 1 aromatic carbocycles. The van der Waals surface area contributed by atoms with Crippen LogP contribution in [-0.4, -0.2) is 37.7 Å². The second kappa shape index (κ2) is 5.34. The van der Waals surface area contributed by atoms with E-state index in [1.54, 1.807) is 0 Å². The van der Waals surface area contributed by atoms with Crippen molar-refractivity contribution in [2.45, 2.75) is 6.92 Å². The number of anilines is 1. The predicted molar refractivity (Wildman–Crippen MR) is 84.8 cm³/mol.